The number of aromatic nitrogens is 2. The van der Waals surface area contributed by atoms with Crippen LogP contribution in [0, 0.1) is 0 Å². The van der Waals surface area contributed by atoms with Crippen molar-refractivity contribution in [2.75, 3.05) is 18.5 Å². The molecule has 0 radical (unpaired) electrons. The molecule has 0 bridgehead atoms. The van der Waals surface area contributed by atoms with Crippen molar-refractivity contribution in [2.45, 2.75) is 52.7 Å². The van der Waals surface area contributed by atoms with Crippen LogP contribution in [-0.2, 0) is 33.4 Å². The zero-order valence-corrected chi connectivity index (χ0v) is 18.2. The van der Waals surface area contributed by atoms with Gasteiger partial charge in [-0.25, -0.2) is 0 Å². The predicted octanol–water partition coefficient (Wildman–Crippen LogP) is 3.11. The van der Waals surface area contributed by atoms with Crippen molar-refractivity contribution in [3.8, 4) is 0 Å². The number of aryl methyl sites for hydroxylation is 1. The van der Waals surface area contributed by atoms with Crippen LogP contribution in [-0.4, -0.2) is 45.7 Å². The molecule has 0 aliphatic carbocycles. The first-order valence-corrected chi connectivity index (χ1v) is 9.83. The summed E-state index contributed by atoms with van der Waals surface area (Å²) in [5.74, 6) is 0.126. The molecule has 7 nitrogen and oxygen atoms in total. The van der Waals surface area contributed by atoms with E-state index in [-0.39, 0.29) is 36.4 Å². The first kappa shape index (κ1) is 22.6. The Morgan fingerprint density at radius 3 is 2.41 bits per heavy atom. The average Bonchev–Trinajstić information content (AvgIpc) is 3.01. The summed E-state index contributed by atoms with van der Waals surface area (Å²) in [6.07, 6.45) is 0. The fourth-order valence-electron chi connectivity index (χ4n) is 2.76. The highest BCUT2D eigenvalue weighted by molar-refractivity contribution is 5.94. The maximum atomic E-state index is 12.6. The number of carbonyl (C=O) groups is 2. The van der Waals surface area contributed by atoms with E-state index < -0.39 is 0 Å². The molecule has 2 amide bonds. The number of nitrogens with one attached hydrogen (secondary N) is 1. The van der Waals surface area contributed by atoms with Crippen LogP contribution in [0.4, 0.5) is 5.82 Å². The minimum atomic E-state index is -0.265. The van der Waals surface area contributed by atoms with Crippen LogP contribution < -0.4 is 5.32 Å². The molecule has 0 aliphatic rings. The smallest absolute Gasteiger partial charge is 0.249 e. The van der Waals surface area contributed by atoms with Gasteiger partial charge in [-0.3, -0.25) is 14.3 Å². The third-order valence-electron chi connectivity index (χ3n) is 4.51. The van der Waals surface area contributed by atoms with Crippen molar-refractivity contribution in [1.82, 2.24) is 14.7 Å². The number of carbonyl (C=O) groups excluding carboxylic acids is 2. The molecule has 2 rings (SSSR count). The molecule has 0 unspecified atom stereocenters. The van der Waals surface area contributed by atoms with E-state index in [1.807, 2.05) is 50.2 Å². The van der Waals surface area contributed by atoms with Crippen LogP contribution in [0.5, 0.6) is 0 Å². The summed E-state index contributed by atoms with van der Waals surface area (Å²) in [5, 5.41) is 7.31. The van der Waals surface area contributed by atoms with E-state index in [1.165, 1.54) is 4.90 Å². The Morgan fingerprint density at radius 2 is 1.86 bits per heavy atom. The van der Waals surface area contributed by atoms with Crippen molar-refractivity contribution < 1.29 is 14.3 Å². The molecule has 1 N–H and O–H groups in total. The van der Waals surface area contributed by atoms with Gasteiger partial charge in [-0.2, -0.15) is 5.10 Å². The SMILES string of the molecule is CC(C)N(CC(=O)Nc1cc(C(C)(C)C)nn1C)C(=O)COCc1ccccc1. The first-order valence-electron chi connectivity index (χ1n) is 9.83. The lowest BCUT2D eigenvalue weighted by Crippen LogP contribution is -2.44. The first-order chi connectivity index (χ1) is 13.6. The summed E-state index contributed by atoms with van der Waals surface area (Å²) >= 11 is 0. The summed E-state index contributed by atoms with van der Waals surface area (Å²) < 4.78 is 7.18. The van der Waals surface area contributed by atoms with Crippen LogP contribution >= 0.6 is 0 Å². The van der Waals surface area contributed by atoms with Crippen molar-refractivity contribution >= 4 is 17.6 Å². The number of hydrogen-bond acceptors (Lipinski definition) is 4. The Balaban J connectivity index is 1.92. The van der Waals surface area contributed by atoms with Gasteiger partial charge in [0, 0.05) is 24.6 Å². The Kier molecular flexibility index (Phi) is 7.56. The van der Waals surface area contributed by atoms with Gasteiger partial charge in [0.2, 0.25) is 11.8 Å². The molecular weight excluding hydrogens is 368 g/mol. The number of rotatable bonds is 8. The summed E-state index contributed by atoms with van der Waals surface area (Å²) in [6.45, 7) is 10.2. The minimum absolute atomic E-state index is 0.0404. The molecular formula is C22H32N4O3. The van der Waals surface area contributed by atoms with Crippen LogP contribution in [0.15, 0.2) is 36.4 Å². The topological polar surface area (TPSA) is 76.5 Å². The van der Waals surface area contributed by atoms with Crippen LogP contribution in [0.3, 0.4) is 0 Å². The van der Waals surface area contributed by atoms with E-state index >= 15 is 0 Å². The number of ether oxygens (including phenoxy) is 1. The molecule has 2 aromatic rings. The fraction of sp³-hybridized carbons (Fsp3) is 0.500. The van der Waals surface area contributed by atoms with Crippen molar-refractivity contribution in [1.29, 1.82) is 0 Å². The van der Waals surface area contributed by atoms with E-state index in [2.05, 4.69) is 31.2 Å². The lowest BCUT2D eigenvalue weighted by molar-refractivity contribution is -0.141. The van der Waals surface area contributed by atoms with Crippen molar-refractivity contribution in [3.05, 3.63) is 47.7 Å². The molecule has 0 fully saturated rings. The summed E-state index contributed by atoms with van der Waals surface area (Å²) in [5.41, 5.74) is 1.78. The second-order valence-corrected chi connectivity index (χ2v) is 8.43. The third-order valence-corrected chi connectivity index (χ3v) is 4.51. The number of benzene rings is 1. The van der Waals surface area contributed by atoms with Gasteiger partial charge in [-0.05, 0) is 19.4 Å². The van der Waals surface area contributed by atoms with Gasteiger partial charge < -0.3 is 15.0 Å². The van der Waals surface area contributed by atoms with E-state index in [4.69, 9.17) is 4.74 Å². The second kappa shape index (κ2) is 9.69. The van der Waals surface area contributed by atoms with Crippen LogP contribution in [0.25, 0.3) is 0 Å². The Hall–Kier alpha value is -2.67. The monoisotopic (exact) mass is 400 g/mol. The summed E-state index contributed by atoms with van der Waals surface area (Å²) in [6, 6.07) is 11.4. The normalized spacial score (nSPS) is 11.6. The molecule has 0 saturated heterocycles. The molecule has 0 saturated carbocycles. The zero-order chi connectivity index (χ0) is 21.6. The Labute approximate surface area is 173 Å². The molecule has 0 aliphatic heterocycles. The van der Waals surface area contributed by atoms with Gasteiger partial charge in [0.05, 0.1) is 12.3 Å². The average molecular weight is 401 g/mol. The van der Waals surface area contributed by atoms with Gasteiger partial charge in [-0.1, -0.05) is 51.1 Å². The number of amides is 2. The zero-order valence-electron chi connectivity index (χ0n) is 18.2. The molecule has 158 valence electrons. The maximum absolute atomic E-state index is 12.6. The summed E-state index contributed by atoms with van der Waals surface area (Å²) in [7, 11) is 1.79. The standard InChI is InChI=1S/C22H32N4O3/c1-16(2)26(21(28)15-29-14-17-10-8-7-9-11-17)13-20(27)23-19-12-18(22(3,4)5)24-25(19)6/h7-12,16H,13-15H2,1-6H3,(H,23,27). The lowest BCUT2D eigenvalue weighted by atomic mass is 9.92. The maximum Gasteiger partial charge on any atom is 0.249 e. The van der Waals surface area contributed by atoms with Gasteiger partial charge >= 0.3 is 0 Å². The second-order valence-electron chi connectivity index (χ2n) is 8.43. The molecule has 0 atom stereocenters. The Morgan fingerprint density at radius 1 is 1.21 bits per heavy atom. The molecule has 0 spiro atoms. The van der Waals surface area contributed by atoms with E-state index in [9.17, 15) is 9.59 Å². The Bertz CT molecular complexity index is 822. The van der Waals surface area contributed by atoms with Crippen LogP contribution in [0.1, 0.15) is 45.9 Å². The van der Waals surface area contributed by atoms with Gasteiger partial charge in [0.25, 0.3) is 0 Å². The predicted molar refractivity (Wildman–Crippen MR) is 113 cm³/mol. The molecule has 7 heteroatoms. The number of anilines is 1. The van der Waals surface area contributed by atoms with Crippen molar-refractivity contribution in [2.24, 2.45) is 7.05 Å². The van der Waals surface area contributed by atoms with Crippen molar-refractivity contribution in [3.63, 3.8) is 0 Å². The minimum Gasteiger partial charge on any atom is -0.367 e. The molecule has 1 aromatic heterocycles. The highest BCUT2D eigenvalue weighted by Crippen LogP contribution is 2.23. The largest absolute Gasteiger partial charge is 0.367 e. The van der Waals surface area contributed by atoms with E-state index in [1.54, 1.807) is 11.7 Å². The quantitative estimate of drug-likeness (QED) is 0.739. The van der Waals surface area contributed by atoms with Gasteiger partial charge in [0.1, 0.15) is 19.0 Å². The third kappa shape index (κ3) is 6.71. The lowest BCUT2D eigenvalue weighted by Gasteiger charge is -2.26. The van der Waals surface area contributed by atoms with Crippen LogP contribution in [0.2, 0.25) is 0 Å². The molecule has 1 aromatic carbocycles. The molecule has 1 heterocycles. The summed E-state index contributed by atoms with van der Waals surface area (Å²) in [4.78, 5) is 26.6. The van der Waals surface area contributed by atoms with Gasteiger partial charge in [0.15, 0.2) is 0 Å². The van der Waals surface area contributed by atoms with E-state index in [0.29, 0.717) is 12.4 Å². The fourth-order valence-corrected chi connectivity index (χ4v) is 2.76. The number of hydrogen-bond donors (Lipinski definition) is 1. The highest BCUT2D eigenvalue weighted by Gasteiger charge is 2.23. The van der Waals surface area contributed by atoms with E-state index in [0.717, 1.165) is 11.3 Å². The molecule has 29 heavy (non-hydrogen) atoms. The number of nitrogens with zero attached hydrogens (tertiary/aromatic N) is 3. The highest BCUT2D eigenvalue weighted by atomic mass is 16.5. The van der Waals surface area contributed by atoms with Gasteiger partial charge in [-0.15, -0.1) is 0 Å².